The molecule has 80 valence electrons. The Morgan fingerprint density at radius 3 is 2.36 bits per heavy atom. The van der Waals surface area contributed by atoms with Crippen molar-refractivity contribution in [3.05, 3.63) is 23.8 Å². The van der Waals surface area contributed by atoms with Crippen molar-refractivity contribution in [2.45, 2.75) is 47.0 Å². The van der Waals surface area contributed by atoms with Crippen molar-refractivity contribution >= 4 is 5.71 Å². The summed E-state index contributed by atoms with van der Waals surface area (Å²) >= 11 is 0. The predicted octanol–water partition coefficient (Wildman–Crippen LogP) is 4.16. The minimum absolute atomic E-state index is 0.851. The zero-order valence-electron chi connectivity index (χ0n) is 10.1. The quantitative estimate of drug-likeness (QED) is 0.443. The number of hydrogen-bond acceptors (Lipinski definition) is 1. The molecule has 0 saturated carbocycles. The molecule has 0 aromatic heterocycles. The summed E-state index contributed by atoms with van der Waals surface area (Å²) in [6, 6.07) is 0. The Hall–Kier alpha value is -0.850. The van der Waals surface area contributed by atoms with Crippen LogP contribution < -0.4 is 0 Å². The van der Waals surface area contributed by atoms with Crippen LogP contribution in [0.15, 0.2) is 28.8 Å². The second kappa shape index (κ2) is 7.54. The van der Waals surface area contributed by atoms with Gasteiger partial charge in [-0.05, 0) is 39.2 Å². The van der Waals surface area contributed by atoms with Crippen LogP contribution in [-0.4, -0.2) is 12.3 Å². The van der Waals surface area contributed by atoms with Gasteiger partial charge in [0.15, 0.2) is 0 Å². The molecule has 0 bridgehead atoms. The zero-order valence-corrected chi connectivity index (χ0v) is 10.1. The Bertz CT molecular complexity index is 234. The maximum Gasteiger partial charge on any atom is 0.0388 e. The second-order valence-electron chi connectivity index (χ2n) is 3.56. The van der Waals surface area contributed by atoms with Gasteiger partial charge < -0.3 is 0 Å². The molecule has 1 heteroatoms. The van der Waals surface area contributed by atoms with Crippen LogP contribution in [0.3, 0.4) is 0 Å². The Morgan fingerprint density at radius 2 is 1.93 bits per heavy atom. The third-order valence-corrected chi connectivity index (χ3v) is 2.35. The predicted molar refractivity (Wildman–Crippen MR) is 66.1 cm³/mol. The van der Waals surface area contributed by atoms with Gasteiger partial charge in [-0.3, -0.25) is 4.99 Å². The molecule has 0 N–H and O–H groups in total. The molecule has 0 fully saturated rings. The van der Waals surface area contributed by atoms with E-state index in [2.05, 4.69) is 39.3 Å². The van der Waals surface area contributed by atoms with Crippen LogP contribution >= 0.6 is 0 Å². The maximum absolute atomic E-state index is 4.41. The van der Waals surface area contributed by atoms with E-state index in [1.54, 1.807) is 0 Å². The van der Waals surface area contributed by atoms with Crippen molar-refractivity contribution in [1.82, 2.24) is 0 Å². The maximum atomic E-state index is 4.41. The summed E-state index contributed by atoms with van der Waals surface area (Å²) in [6.45, 7) is 13.2. The number of allylic oxidation sites excluding steroid dienone is 3. The summed E-state index contributed by atoms with van der Waals surface area (Å²) in [5, 5.41) is 0. The Balaban J connectivity index is 4.65. The van der Waals surface area contributed by atoms with Crippen LogP contribution in [0.2, 0.25) is 0 Å². The monoisotopic (exact) mass is 193 g/mol. The van der Waals surface area contributed by atoms with Gasteiger partial charge in [0.25, 0.3) is 0 Å². The van der Waals surface area contributed by atoms with Crippen LogP contribution in [0.4, 0.5) is 0 Å². The summed E-state index contributed by atoms with van der Waals surface area (Å²) in [7, 11) is 0. The highest BCUT2D eigenvalue weighted by molar-refractivity contribution is 6.01. The van der Waals surface area contributed by atoms with Crippen molar-refractivity contribution in [3.8, 4) is 0 Å². The molecule has 0 saturated heterocycles. The van der Waals surface area contributed by atoms with Crippen LogP contribution in [-0.2, 0) is 0 Å². The summed E-state index contributed by atoms with van der Waals surface area (Å²) in [4.78, 5) is 4.41. The Labute approximate surface area is 88.6 Å². The lowest BCUT2D eigenvalue weighted by atomic mass is 10.0. The van der Waals surface area contributed by atoms with E-state index < -0.39 is 0 Å². The first-order valence-corrected chi connectivity index (χ1v) is 5.50. The minimum atomic E-state index is 0.851. The van der Waals surface area contributed by atoms with Crippen LogP contribution in [0, 0.1) is 0 Å². The number of aliphatic imine (C=N–C) groups is 1. The molecule has 0 heterocycles. The van der Waals surface area contributed by atoms with Gasteiger partial charge in [0.05, 0.1) is 0 Å². The van der Waals surface area contributed by atoms with E-state index in [1.165, 1.54) is 24.0 Å². The first-order chi connectivity index (χ1) is 6.67. The van der Waals surface area contributed by atoms with Crippen LogP contribution in [0.1, 0.15) is 47.0 Å². The van der Waals surface area contributed by atoms with Crippen molar-refractivity contribution < 1.29 is 0 Å². The van der Waals surface area contributed by atoms with E-state index in [4.69, 9.17) is 0 Å². The van der Waals surface area contributed by atoms with Gasteiger partial charge in [0, 0.05) is 12.3 Å². The Morgan fingerprint density at radius 1 is 1.29 bits per heavy atom. The van der Waals surface area contributed by atoms with Crippen LogP contribution in [0.25, 0.3) is 0 Å². The van der Waals surface area contributed by atoms with Gasteiger partial charge in [-0.2, -0.15) is 0 Å². The van der Waals surface area contributed by atoms with E-state index in [9.17, 15) is 0 Å². The molecule has 0 aliphatic rings. The number of rotatable bonds is 6. The number of unbranched alkanes of at least 4 members (excludes halogenated alkanes) is 1. The normalized spacial score (nSPS) is 13.9. The van der Waals surface area contributed by atoms with Crippen molar-refractivity contribution in [3.63, 3.8) is 0 Å². The lowest BCUT2D eigenvalue weighted by Crippen LogP contribution is -1.99. The Kier molecular flexibility index (Phi) is 7.09. The van der Waals surface area contributed by atoms with Crippen molar-refractivity contribution in [2.24, 2.45) is 4.99 Å². The molecular weight excluding hydrogens is 170 g/mol. The molecule has 0 rings (SSSR count). The highest BCUT2D eigenvalue weighted by atomic mass is 14.7. The van der Waals surface area contributed by atoms with Gasteiger partial charge in [-0.1, -0.05) is 31.6 Å². The van der Waals surface area contributed by atoms with E-state index in [0.29, 0.717) is 0 Å². The first-order valence-electron chi connectivity index (χ1n) is 5.50. The van der Waals surface area contributed by atoms with Gasteiger partial charge >= 0.3 is 0 Å². The lowest BCUT2D eigenvalue weighted by Gasteiger charge is -2.07. The summed E-state index contributed by atoms with van der Waals surface area (Å²) in [6.07, 6.45) is 5.59. The molecule has 0 spiro atoms. The molecular formula is C13H23N. The highest BCUT2D eigenvalue weighted by Gasteiger charge is 2.01. The van der Waals surface area contributed by atoms with Crippen LogP contribution in [0.5, 0.6) is 0 Å². The smallest absolute Gasteiger partial charge is 0.0388 e. The summed E-state index contributed by atoms with van der Waals surface area (Å²) < 4.78 is 0. The number of hydrogen-bond donors (Lipinski definition) is 0. The molecule has 0 amide bonds. The van der Waals surface area contributed by atoms with Gasteiger partial charge in [-0.15, -0.1) is 0 Å². The molecule has 0 unspecified atom stereocenters. The molecule has 1 nitrogen and oxygen atoms in total. The van der Waals surface area contributed by atoms with Gasteiger partial charge in [-0.25, -0.2) is 0 Å². The third-order valence-electron chi connectivity index (χ3n) is 2.35. The molecule has 0 aromatic rings. The fourth-order valence-corrected chi connectivity index (χ4v) is 1.53. The fraction of sp³-hybridized carbons (Fsp3) is 0.615. The average molecular weight is 193 g/mol. The molecule has 0 aromatic carbocycles. The first kappa shape index (κ1) is 13.2. The van der Waals surface area contributed by atoms with Crippen molar-refractivity contribution in [2.75, 3.05) is 6.54 Å². The van der Waals surface area contributed by atoms with E-state index in [0.717, 1.165) is 18.7 Å². The number of nitrogens with zero attached hydrogens (tertiary/aromatic N) is 1. The standard InChI is InChI=1S/C13H23N/c1-6-9-10-11(4)13(7-2)12(5)14-8-3/h7H,2,6,8-10H2,1,3-5H3/b13-11+,14-12-. The molecule has 0 aliphatic carbocycles. The molecule has 0 aliphatic heterocycles. The molecule has 0 atom stereocenters. The summed E-state index contributed by atoms with van der Waals surface area (Å²) in [5.41, 5.74) is 3.77. The zero-order chi connectivity index (χ0) is 11.0. The minimum Gasteiger partial charge on any atom is -0.290 e. The van der Waals surface area contributed by atoms with Crippen molar-refractivity contribution in [1.29, 1.82) is 0 Å². The van der Waals surface area contributed by atoms with E-state index in [-0.39, 0.29) is 0 Å². The van der Waals surface area contributed by atoms with E-state index in [1.807, 2.05) is 6.08 Å². The van der Waals surface area contributed by atoms with E-state index >= 15 is 0 Å². The molecule has 14 heavy (non-hydrogen) atoms. The molecule has 0 radical (unpaired) electrons. The average Bonchev–Trinajstić information content (AvgIpc) is 2.16. The summed E-state index contributed by atoms with van der Waals surface area (Å²) in [5.74, 6) is 0. The third kappa shape index (κ3) is 4.40. The lowest BCUT2D eigenvalue weighted by molar-refractivity contribution is 0.785. The van der Waals surface area contributed by atoms with Gasteiger partial charge in [0.1, 0.15) is 0 Å². The highest BCUT2D eigenvalue weighted by Crippen LogP contribution is 2.14. The SMILES string of the molecule is C=CC(/C(C)=N\CC)=C(/C)CCCC. The fourth-order valence-electron chi connectivity index (χ4n) is 1.53. The van der Waals surface area contributed by atoms with Gasteiger partial charge in [0.2, 0.25) is 0 Å². The second-order valence-corrected chi connectivity index (χ2v) is 3.56. The largest absolute Gasteiger partial charge is 0.290 e. The topological polar surface area (TPSA) is 12.4 Å².